The molecule has 0 aliphatic carbocycles. The van der Waals surface area contributed by atoms with Crippen molar-refractivity contribution in [2.24, 2.45) is 10.9 Å². The zero-order chi connectivity index (χ0) is 12.8. The molecule has 1 aliphatic rings. The molecule has 1 aromatic rings. The van der Waals surface area contributed by atoms with Crippen molar-refractivity contribution >= 4 is 11.5 Å². The first-order chi connectivity index (χ1) is 8.83. The van der Waals surface area contributed by atoms with Gasteiger partial charge in [-0.05, 0) is 19.3 Å². The van der Waals surface area contributed by atoms with Crippen molar-refractivity contribution in [3.05, 3.63) is 35.9 Å². The lowest BCUT2D eigenvalue weighted by molar-refractivity contribution is 0.0974. The summed E-state index contributed by atoms with van der Waals surface area (Å²) in [4.78, 5) is 16.7. The van der Waals surface area contributed by atoms with Crippen LogP contribution in [-0.2, 0) is 0 Å². The number of carbonyl (C=O) groups excluding carboxylic acids is 1. The molecular formula is C15H16N2O. The minimum absolute atomic E-state index is 0.126. The van der Waals surface area contributed by atoms with Crippen molar-refractivity contribution < 1.29 is 4.79 Å². The summed E-state index contributed by atoms with van der Waals surface area (Å²) in [5.74, 6) is -0.829. The maximum atomic E-state index is 12.3. The van der Waals surface area contributed by atoms with Crippen LogP contribution in [0.25, 0.3) is 0 Å². The highest BCUT2D eigenvalue weighted by Gasteiger charge is 2.25. The predicted octanol–water partition coefficient (Wildman–Crippen LogP) is 3.02. The fourth-order valence-electron chi connectivity index (χ4n) is 2.19. The lowest BCUT2D eigenvalue weighted by Gasteiger charge is -2.10. The van der Waals surface area contributed by atoms with Gasteiger partial charge in [-0.2, -0.15) is 5.26 Å². The van der Waals surface area contributed by atoms with Crippen molar-refractivity contribution in [2.45, 2.75) is 25.7 Å². The van der Waals surface area contributed by atoms with Crippen LogP contribution >= 0.6 is 0 Å². The fraction of sp³-hybridized carbons (Fsp3) is 0.400. The SMILES string of the molecule is N#C[C@@H](C(=O)c1ccccc1)C1=NCCCCC1. The van der Waals surface area contributed by atoms with E-state index in [2.05, 4.69) is 11.1 Å². The number of rotatable bonds is 3. The second kappa shape index (κ2) is 6.11. The Kier molecular flexibility index (Phi) is 4.25. The summed E-state index contributed by atoms with van der Waals surface area (Å²) < 4.78 is 0. The molecule has 1 aromatic carbocycles. The Morgan fingerprint density at radius 2 is 2.00 bits per heavy atom. The van der Waals surface area contributed by atoms with Crippen molar-refractivity contribution in [3.8, 4) is 6.07 Å². The normalized spacial score (nSPS) is 17.2. The van der Waals surface area contributed by atoms with Gasteiger partial charge in [0.05, 0.1) is 6.07 Å². The molecule has 18 heavy (non-hydrogen) atoms. The van der Waals surface area contributed by atoms with E-state index in [0.29, 0.717) is 5.56 Å². The standard InChI is InChI=1S/C15H16N2O/c16-11-13(14-9-5-2-6-10-17-14)15(18)12-7-3-1-4-8-12/h1,3-4,7-8,13H,2,5-6,9-10H2/t13-/m1/s1. The van der Waals surface area contributed by atoms with E-state index in [9.17, 15) is 10.1 Å². The number of ketones is 1. The molecule has 1 aliphatic heterocycles. The van der Waals surface area contributed by atoms with Gasteiger partial charge in [-0.1, -0.05) is 36.8 Å². The van der Waals surface area contributed by atoms with Crippen LogP contribution in [0.1, 0.15) is 36.0 Å². The molecule has 1 heterocycles. The summed E-state index contributed by atoms with van der Waals surface area (Å²) in [5.41, 5.74) is 1.36. The number of nitrogens with zero attached hydrogens (tertiary/aromatic N) is 2. The van der Waals surface area contributed by atoms with Gasteiger partial charge in [0, 0.05) is 17.8 Å². The first-order valence-electron chi connectivity index (χ1n) is 6.35. The van der Waals surface area contributed by atoms with Gasteiger partial charge in [0.15, 0.2) is 5.78 Å². The van der Waals surface area contributed by atoms with Gasteiger partial charge in [0.2, 0.25) is 0 Å². The van der Waals surface area contributed by atoms with E-state index in [1.165, 1.54) is 0 Å². The molecule has 0 bridgehead atoms. The summed E-state index contributed by atoms with van der Waals surface area (Å²) in [6.45, 7) is 0.746. The smallest absolute Gasteiger partial charge is 0.185 e. The number of nitriles is 1. The minimum atomic E-state index is -0.703. The molecule has 0 saturated heterocycles. The highest BCUT2D eigenvalue weighted by Crippen LogP contribution is 2.17. The van der Waals surface area contributed by atoms with E-state index in [0.717, 1.165) is 37.9 Å². The Hall–Kier alpha value is -1.95. The van der Waals surface area contributed by atoms with Gasteiger partial charge >= 0.3 is 0 Å². The van der Waals surface area contributed by atoms with Crippen LogP contribution in [0.2, 0.25) is 0 Å². The highest BCUT2D eigenvalue weighted by molar-refractivity contribution is 6.14. The Morgan fingerprint density at radius 3 is 2.72 bits per heavy atom. The third-order valence-electron chi connectivity index (χ3n) is 3.19. The van der Waals surface area contributed by atoms with Gasteiger partial charge in [0.1, 0.15) is 5.92 Å². The van der Waals surface area contributed by atoms with Crippen LogP contribution in [0.4, 0.5) is 0 Å². The van der Waals surface area contributed by atoms with Crippen molar-refractivity contribution in [1.82, 2.24) is 0 Å². The third-order valence-corrected chi connectivity index (χ3v) is 3.19. The molecule has 0 spiro atoms. The summed E-state index contributed by atoms with van der Waals surface area (Å²) in [6.07, 6.45) is 3.99. The Balaban J connectivity index is 2.21. The molecule has 3 heteroatoms. The Bertz CT molecular complexity index is 485. The van der Waals surface area contributed by atoms with Crippen molar-refractivity contribution in [3.63, 3.8) is 0 Å². The largest absolute Gasteiger partial charge is 0.292 e. The van der Waals surface area contributed by atoms with Crippen LogP contribution in [-0.4, -0.2) is 18.0 Å². The lowest BCUT2D eigenvalue weighted by atomic mass is 9.92. The summed E-state index contributed by atoms with van der Waals surface area (Å²) in [5, 5.41) is 9.25. The second-order valence-corrected chi connectivity index (χ2v) is 4.48. The third kappa shape index (κ3) is 2.84. The molecule has 0 fully saturated rings. The van der Waals surface area contributed by atoms with Crippen LogP contribution in [0, 0.1) is 17.2 Å². The van der Waals surface area contributed by atoms with E-state index in [-0.39, 0.29) is 5.78 Å². The van der Waals surface area contributed by atoms with Gasteiger partial charge in [-0.15, -0.1) is 0 Å². The van der Waals surface area contributed by atoms with Crippen LogP contribution in [0.3, 0.4) is 0 Å². The first-order valence-corrected chi connectivity index (χ1v) is 6.35. The highest BCUT2D eigenvalue weighted by atomic mass is 16.1. The van der Waals surface area contributed by atoms with Gasteiger partial charge in [0.25, 0.3) is 0 Å². The number of benzene rings is 1. The number of hydrogen-bond acceptors (Lipinski definition) is 3. The molecule has 0 aromatic heterocycles. The number of Topliss-reactive ketones (excluding diaryl/α,β-unsaturated/α-hetero) is 1. The maximum Gasteiger partial charge on any atom is 0.185 e. The molecule has 0 N–H and O–H groups in total. The molecule has 3 nitrogen and oxygen atoms in total. The first kappa shape index (κ1) is 12.5. The zero-order valence-electron chi connectivity index (χ0n) is 10.3. The quantitative estimate of drug-likeness (QED) is 0.762. The molecule has 1 atom stereocenters. The van der Waals surface area contributed by atoms with E-state index >= 15 is 0 Å². The number of carbonyl (C=O) groups is 1. The zero-order valence-corrected chi connectivity index (χ0v) is 10.3. The van der Waals surface area contributed by atoms with E-state index in [1.54, 1.807) is 12.1 Å². The summed E-state index contributed by atoms with van der Waals surface area (Å²) in [7, 11) is 0. The topological polar surface area (TPSA) is 53.2 Å². The molecule has 0 amide bonds. The number of aliphatic imine (C=N–C) groups is 1. The molecular weight excluding hydrogens is 224 g/mol. The predicted molar refractivity (Wildman–Crippen MR) is 70.6 cm³/mol. The Labute approximate surface area is 107 Å². The number of hydrogen-bond donors (Lipinski definition) is 0. The van der Waals surface area contributed by atoms with Crippen LogP contribution < -0.4 is 0 Å². The molecule has 0 saturated carbocycles. The molecule has 92 valence electrons. The summed E-state index contributed by atoms with van der Waals surface area (Å²) >= 11 is 0. The van der Waals surface area contributed by atoms with Crippen molar-refractivity contribution in [2.75, 3.05) is 6.54 Å². The maximum absolute atomic E-state index is 12.3. The van der Waals surface area contributed by atoms with Crippen molar-refractivity contribution in [1.29, 1.82) is 5.26 Å². The van der Waals surface area contributed by atoms with Gasteiger partial charge in [-0.25, -0.2) is 0 Å². The lowest BCUT2D eigenvalue weighted by Crippen LogP contribution is -2.23. The van der Waals surface area contributed by atoms with Crippen LogP contribution in [0.5, 0.6) is 0 Å². The van der Waals surface area contributed by atoms with Gasteiger partial charge in [-0.3, -0.25) is 9.79 Å². The average Bonchev–Trinajstić information content (AvgIpc) is 2.70. The van der Waals surface area contributed by atoms with E-state index in [4.69, 9.17) is 0 Å². The molecule has 0 unspecified atom stereocenters. The molecule has 0 radical (unpaired) electrons. The van der Waals surface area contributed by atoms with Crippen LogP contribution in [0.15, 0.2) is 35.3 Å². The van der Waals surface area contributed by atoms with E-state index < -0.39 is 5.92 Å². The van der Waals surface area contributed by atoms with E-state index in [1.807, 2.05) is 18.2 Å². The minimum Gasteiger partial charge on any atom is -0.292 e. The Morgan fingerprint density at radius 1 is 1.22 bits per heavy atom. The average molecular weight is 240 g/mol. The second-order valence-electron chi connectivity index (χ2n) is 4.48. The monoisotopic (exact) mass is 240 g/mol. The molecule has 2 rings (SSSR count). The summed E-state index contributed by atoms with van der Waals surface area (Å²) in [6, 6.07) is 11.1. The van der Waals surface area contributed by atoms with Gasteiger partial charge < -0.3 is 0 Å². The fourth-order valence-corrected chi connectivity index (χ4v) is 2.19.